The number of rotatable bonds is 1. The Morgan fingerprint density at radius 1 is 1.17 bits per heavy atom. The Morgan fingerprint density at radius 3 is 2.67 bits per heavy atom. The van der Waals surface area contributed by atoms with Gasteiger partial charge in [-0.1, -0.05) is 34.1 Å². The lowest BCUT2D eigenvalue weighted by Crippen LogP contribution is -2.05. The Balaban J connectivity index is 2.32. The van der Waals surface area contributed by atoms with Crippen LogP contribution in [-0.2, 0) is 0 Å². The Labute approximate surface area is 112 Å². The number of carboxylic acid groups (broad SMARTS) is 1. The molecule has 1 unspecified atom stereocenters. The normalized spacial score (nSPS) is 16.2. The number of aromatic carboxylic acids is 1. The largest absolute Gasteiger partial charge is 0.478 e. The van der Waals surface area contributed by atoms with Gasteiger partial charge in [-0.2, -0.15) is 0 Å². The van der Waals surface area contributed by atoms with Gasteiger partial charge in [0.1, 0.15) is 6.10 Å². The van der Waals surface area contributed by atoms with Crippen LogP contribution in [0.25, 0.3) is 11.1 Å². The summed E-state index contributed by atoms with van der Waals surface area (Å²) in [6, 6.07) is 10.7. The third kappa shape index (κ3) is 1.50. The van der Waals surface area contributed by atoms with Gasteiger partial charge >= 0.3 is 5.97 Å². The first-order valence-corrected chi connectivity index (χ1v) is 6.23. The summed E-state index contributed by atoms with van der Waals surface area (Å²) in [5.74, 6) is -1.02. The van der Waals surface area contributed by atoms with E-state index in [1.54, 1.807) is 6.07 Å². The van der Waals surface area contributed by atoms with E-state index in [0.717, 1.165) is 21.2 Å². The molecule has 0 aliphatic heterocycles. The van der Waals surface area contributed by atoms with Gasteiger partial charge in [0.25, 0.3) is 0 Å². The fraction of sp³-hybridized carbons (Fsp3) is 0.0714. The molecule has 0 amide bonds. The Bertz CT molecular complexity index is 664. The van der Waals surface area contributed by atoms with E-state index in [0.29, 0.717) is 5.56 Å². The van der Waals surface area contributed by atoms with Crippen molar-refractivity contribution < 1.29 is 15.0 Å². The molecule has 0 aromatic heterocycles. The minimum atomic E-state index is -1.02. The standard InChI is InChI=1S/C14H9BrO3/c15-7-4-5-8-9-2-1-3-10(14(17)18)12(9)13(16)11(8)6-7/h1-6,13,16H,(H,17,18). The highest BCUT2D eigenvalue weighted by atomic mass is 79.9. The molecule has 18 heavy (non-hydrogen) atoms. The van der Waals surface area contributed by atoms with E-state index >= 15 is 0 Å². The quantitative estimate of drug-likeness (QED) is 0.850. The third-order valence-electron chi connectivity index (χ3n) is 3.21. The lowest BCUT2D eigenvalue weighted by atomic mass is 10.0. The highest BCUT2D eigenvalue weighted by Gasteiger charge is 2.31. The average Bonchev–Trinajstić information content (AvgIpc) is 2.63. The summed E-state index contributed by atoms with van der Waals surface area (Å²) < 4.78 is 0.866. The molecule has 2 aromatic carbocycles. The van der Waals surface area contributed by atoms with Gasteiger partial charge in [-0.15, -0.1) is 0 Å². The minimum absolute atomic E-state index is 0.160. The summed E-state index contributed by atoms with van der Waals surface area (Å²) in [7, 11) is 0. The second-order valence-electron chi connectivity index (χ2n) is 4.21. The van der Waals surface area contributed by atoms with Crippen LogP contribution >= 0.6 is 15.9 Å². The molecule has 0 radical (unpaired) electrons. The first kappa shape index (κ1) is 11.4. The number of halogens is 1. The molecule has 0 fully saturated rings. The molecule has 0 spiro atoms. The Morgan fingerprint density at radius 2 is 1.94 bits per heavy atom. The van der Waals surface area contributed by atoms with Gasteiger partial charge in [0.15, 0.2) is 0 Å². The van der Waals surface area contributed by atoms with Crippen LogP contribution in [0.4, 0.5) is 0 Å². The van der Waals surface area contributed by atoms with Gasteiger partial charge in [-0.3, -0.25) is 0 Å². The van der Waals surface area contributed by atoms with Crippen molar-refractivity contribution in [2.45, 2.75) is 6.10 Å². The predicted octanol–water partition coefficient (Wildman–Crippen LogP) is 3.21. The lowest BCUT2D eigenvalue weighted by molar-refractivity contribution is 0.0692. The van der Waals surface area contributed by atoms with Crippen molar-refractivity contribution in [3.8, 4) is 11.1 Å². The third-order valence-corrected chi connectivity index (χ3v) is 3.70. The van der Waals surface area contributed by atoms with Crippen molar-refractivity contribution in [2.75, 3.05) is 0 Å². The molecule has 0 saturated carbocycles. The van der Waals surface area contributed by atoms with E-state index in [1.807, 2.05) is 24.3 Å². The number of carboxylic acids is 1. The smallest absolute Gasteiger partial charge is 0.336 e. The SMILES string of the molecule is O=C(O)c1cccc2c1C(O)c1cc(Br)ccc1-2. The molecule has 2 N–H and O–H groups in total. The zero-order valence-electron chi connectivity index (χ0n) is 9.22. The molecule has 4 heteroatoms. The van der Waals surface area contributed by atoms with Gasteiger partial charge in [0.2, 0.25) is 0 Å². The summed E-state index contributed by atoms with van der Waals surface area (Å²) >= 11 is 3.36. The van der Waals surface area contributed by atoms with E-state index < -0.39 is 12.1 Å². The number of aliphatic hydroxyl groups excluding tert-OH is 1. The van der Waals surface area contributed by atoms with Gasteiger partial charge in [0, 0.05) is 10.0 Å². The number of fused-ring (bicyclic) bond motifs is 3. The van der Waals surface area contributed by atoms with E-state index in [9.17, 15) is 15.0 Å². The molecule has 90 valence electrons. The van der Waals surface area contributed by atoms with Gasteiger partial charge in [0.05, 0.1) is 5.56 Å². The summed E-state index contributed by atoms with van der Waals surface area (Å²) in [6.45, 7) is 0. The molecule has 0 saturated heterocycles. The van der Waals surface area contributed by atoms with Crippen LogP contribution in [0.2, 0.25) is 0 Å². The van der Waals surface area contributed by atoms with Crippen molar-refractivity contribution in [3.05, 3.63) is 57.6 Å². The summed E-state index contributed by atoms with van der Waals surface area (Å²) in [5.41, 5.74) is 3.08. The van der Waals surface area contributed by atoms with E-state index in [2.05, 4.69) is 15.9 Å². The topological polar surface area (TPSA) is 57.5 Å². The number of aliphatic hydroxyl groups is 1. The van der Waals surface area contributed by atoms with Crippen molar-refractivity contribution in [1.29, 1.82) is 0 Å². The highest BCUT2D eigenvalue weighted by Crippen LogP contribution is 2.45. The Kier molecular flexibility index (Phi) is 2.50. The van der Waals surface area contributed by atoms with Crippen molar-refractivity contribution in [1.82, 2.24) is 0 Å². The molecule has 3 rings (SSSR count). The second kappa shape index (κ2) is 3.93. The van der Waals surface area contributed by atoms with Gasteiger partial charge in [-0.25, -0.2) is 4.79 Å². The van der Waals surface area contributed by atoms with E-state index in [-0.39, 0.29) is 5.56 Å². The van der Waals surface area contributed by atoms with Crippen LogP contribution in [0.15, 0.2) is 40.9 Å². The fourth-order valence-corrected chi connectivity index (χ4v) is 2.82. The molecule has 1 aliphatic rings. The first-order valence-electron chi connectivity index (χ1n) is 5.43. The molecule has 0 bridgehead atoms. The number of hydrogen-bond acceptors (Lipinski definition) is 2. The van der Waals surface area contributed by atoms with Gasteiger partial charge in [-0.05, 0) is 34.9 Å². The summed E-state index contributed by atoms with van der Waals surface area (Å²) in [5, 5.41) is 19.5. The van der Waals surface area contributed by atoms with Crippen LogP contribution in [0.5, 0.6) is 0 Å². The number of benzene rings is 2. The maximum absolute atomic E-state index is 11.2. The number of carbonyl (C=O) groups is 1. The summed E-state index contributed by atoms with van der Waals surface area (Å²) in [6.07, 6.45) is -0.875. The summed E-state index contributed by atoms with van der Waals surface area (Å²) in [4.78, 5) is 11.2. The fourth-order valence-electron chi connectivity index (χ4n) is 2.44. The zero-order valence-corrected chi connectivity index (χ0v) is 10.8. The van der Waals surface area contributed by atoms with Crippen molar-refractivity contribution in [2.24, 2.45) is 0 Å². The van der Waals surface area contributed by atoms with Crippen LogP contribution in [0, 0.1) is 0 Å². The molecule has 0 heterocycles. The molecule has 2 aromatic rings. The highest BCUT2D eigenvalue weighted by molar-refractivity contribution is 9.10. The van der Waals surface area contributed by atoms with Crippen molar-refractivity contribution >= 4 is 21.9 Å². The minimum Gasteiger partial charge on any atom is -0.478 e. The molecular formula is C14H9BrO3. The van der Waals surface area contributed by atoms with Crippen molar-refractivity contribution in [3.63, 3.8) is 0 Å². The maximum Gasteiger partial charge on any atom is 0.336 e. The average molecular weight is 305 g/mol. The lowest BCUT2D eigenvalue weighted by Gasteiger charge is -2.08. The molecular weight excluding hydrogens is 296 g/mol. The van der Waals surface area contributed by atoms with Crippen LogP contribution in [0.1, 0.15) is 27.6 Å². The monoisotopic (exact) mass is 304 g/mol. The van der Waals surface area contributed by atoms with E-state index in [1.165, 1.54) is 6.07 Å². The number of hydrogen-bond donors (Lipinski definition) is 2. The molecule has 1 aliphatic carbocycles. The van der Waals surface area contributed by atoms with Gasteiger partial charge < -0.3 is 10.2 Å². The molecule has 1 atom stereocenters. The Hall–Kier alpha value is -1.65. The van der Waals surface area contributed by atoms with Crippen LogP contribution in [-0.4, -0.2) is 16.2 Å². The van der Waals surface area contributed by atoms with Crippen LogP contribution in [0.3, 0.4) is 0 Å². The predicted molar refractivity (Wildman–Crippen MR) is 70.6 cm³/mol. The van der Waals surface area contributed by atoms with Crippen LogP contribution < -0.4 is 0 Å². The van der Waals surface area contributed by atoms with E-state index in [4.69, 9.17) is 0 Å². The molecule has 3 nitrogen and oxygen atoms in total. The maximum atomic E-state index is 11.2. The second-order valence-corrected chi connectivity index (χ2v) is 5.12. The first-order chi connectivity index (χ1) is 8.59. The zero-order chi connectivity index (χ0) is 12.9.